The highest BCUT2D eigenvalue weighted by Gasteiger charge is 2.25. The third-order valence-electron chi connectivity index (χ3n) is 4.76. The third kappa shape index (κ3) is 4.43. The Kier molecular flexibility index (Phi) is 5.29. The summed E-state index contributed by atoms with van der Waals surface area (Å²) in [5.41, 5.74) is 3.17. The molecule has 138 valence electrons. The molecule has 0 aliphatic carbocycles. The molecule has 1 unspecified atom stereocenters. The van der Waals surface area contributed by atoms with E-state index in [4.69, 9.17) is 0 Å². The van der Waals surface area contributed by atoms with Crippen LogP contribution in [0.15, 0.2) is 49.2 Å². The SMILES string of the molecule is Cc1cccc(CN2CCCC(c3nccnc3Nc3cnccn3)C2)n1. The van der Waals surface area contributed by atoms with Gasteiger partial charge in [0.15, 0.2) is 5.82 Å². The van der Waals surface area contributed by atoms with E-state index in [1.54, 1.807) is 31.0 Å². The van der Waals surface area contributed by atoms with Crippen molar-refractivity contribution < 1.29 is 0 Å². The van der Waals surface area contributed by atoms with Gasteiger partial charge in [-0.15, -0.1) is 0 Å². The van der Waals surface area contributed by atoms with Crippen molar-refractivity contribution in [1.82, 2.24) is 29.8 Å². The molecule has 1 aliphatic rings. The Balaban J connectivity index is 1.50. The van der Waals surface area contributed by atoms with Crippen LogP contribution in [0.1, 0.15) is 35.8 Å². The Morgan fingerprint density at radius 1 is 1.11 bits per heavy atom. The average molecular weight is 361 g/mol. The van der Waals surface area contributed by atoms with Crippen LogP contribution in [0.2, 0.25) is 0 Å². The number of nitrogens with one attached hydrogen (secondary N) is 1. The van der Waals surface area contributed by atoms with Crippen LogP contribution < -0.4 is 5.32 Å². The number of piperidine rings is 1. The van der Waals surface area contributed by atoms with E-state index in [9.17, 15) is 0 Å². The maximum absolute atomic E-state index is 4.64. The Hall–Kier alpha value is -2.93. The second-order valence-corrected chi connectivity index (χ2v) is 6.85. The molecule has 1 atom stereocenters. The van der Waals surface area contributed by atoms with Gasteiger partial charge in [-0.05, 0) is 38.4 Å². The summed E-state index contributed by atoms with van der Waals surface area (Å²) in [6.45, 7) is 4.93. The lowest BCUT2D eigenvalue weighted by atomic mass is 9.94. The number of aromatic nitrogens is 5. The van der Waals surface area contributed by atoms with Crippen molar-refractivity contribution >= 4 is 11.6 Å². The Morgan fingerprint density at radius 2 is 2.00 bits per heavy atom. The van der Waals surface area contributed by atoms with Gasteiger partial charge in [0, 0.05) is 49.5 Å². The molecule has 3 aromatic rings. The number of pyridine rings is 1. The zero-order valence-corrected chi connectivity index (χ0v) is 15.4. The summed E-state index contributed by atoms with van der Waals surface area (Å²) in [4.78, 5) is 24.6. The standard InChI is InChI=1S/C20H23N7/c1-15-4-2-6-17(25-15)14-27-11-3-5-16(13-27)19-20(24-10-9-23-19)26-18-12-21-7-8-22-18/h2,4,6-10,12,16H,3,5,11,13-14H2,1H3,(H,22,24,26). The second kappa shape index (κ2) is 8.18. The van der Waals surface area contributed by atoms with Crippen molar-refractivity contribution in [3.63, 3.8) is 0 Å². The first-order chi connectivity index (χ1) is 13.3. The summed E-state index contributed by atoms with van der Waals surface area (Å²) >= 11 is 0. The van der Waals surface area contributed by atoms with E-state index in [2.05, 4.69) is 47.3 Å². The maximum Gasteiger partial charge on any atom is 0.153 e. The summed E-state index contributed by atoms with van der Waals surface area (Å²) in [5.74, 6) is 1.77. The molecule has 1 saturated heterocycles. The van der Waals surface area contributed by atoms with E-state index < -0.39 is 0 Å². The van der Waals surface area contributed by atoms with Gasteiger partial charge >= 0.3 is 0 Å². The quantitative estimate of drug-likeness (QED) is 0.748. The molecule has 4 heterocycles. The van der Waals surface area contributed by atoms with E-state index in [0.717, 1.165) is 55.4 Å². The van der Waals surface area contributed by atoms with E-state index in [1.165, 1.54) is 0 Å². The molecule has 7 heteroatoms. The van der Waals surface area contributed by atoms with Crippen LogP contribution in [-0.4, -0.2) is 42.9 Å². The molecule has 0 bridgehead atoms. The summed E-state index contributed by atoms with van der Waals surface area (Å²) in [6.07, 6.45) is 10.7. The number of likely N-dealkylation sites (tertiary alicyclic amines) is 1. The average Bonchev–Trinajstić information content (AvgIpc) is 2.69. The number of aryl methyl sites for hydroxylation is 1. The summed E-state index contributed by atoms with van der Waals surface area (Å²) in [6, 6.07) is 6.21. The van der Waals surface area contributed by atoms with E-state index in [-0.39, 0.29) is 0 Å². The molecule has 3 aromatic heterocycles. The molecular formula is C20H23N7. The topological polar surface area (TPSA) is 79.7 Å². The molecule has 0 amide bonds. The number of hydrogen-bond donors (Lipinski definition) is 1. The number of nitrogens with zero attached hydrogens (tertiary/aromatic N) is 6. The molecular weight excluding hydrogens is 338 g/mol. The molecule has 1 aliphatic heterocycles. The summed E-state index contributed by atoms with van der Waals surface area (Å²) < 4.78 is 0. The zero-order chi connectivity index (χ0) is 18.5. The Morgan fingerprint density at radius 3 is 2.85 bits per heavy atom. The number of hydrogen-bond acceptors (Lipinski definition) is 7. The molecule has 4 rings (SSSR count). The van der Waals surface area contributed by atoms with Crippen LogP contribution in [0.25, 0.3) is 0 Å². The van der Waals surface area contributed by atoms with Gasteiger partial charge in [0.1, 0.15) is 5.82 Å². The smallest absolute Gasteiger partial charge is 0.153 e. The highest BCUT2D eigenvalue weighted by Crippen LogP contribution is 2.30. The largest absolute Gasteiger partial charge is 0.322 e. The first-order valence-electron chi connectivity index (χ1n) is 9.27. The first-order valence-corrected chi connectivity index (χ1v) is 9.27. The summed E-state index contributed by atoms with van der Waals surface area (Å²) in [5, 5.41) is 3.26. The molecule has 0 aromatic carbocycles. The molecule has 1 fully saturated rings. The highest BCUT2D eigenvalue weighted by atomic mass is 15.1. The molecule has 0 radical (unpaired) electrons. The van der Waals surface area contributed by atoms with Gasteiger partial charge in [0.25, 0.3) is 0 Å². The van der Waals surface area contributed by atoms with Crippen molar-refractivity contribution in [3.8, 4) is 0 Å². The van der Waals surface area contributed by atoms with Gasteiger partial charge in [0.05, 0.1) is 17.6 Å². The fourth-order valence-corrected chi connectivity index (χ4v) is 3.57. The maximum atomic E-state index is 4.64. The minimum absolute atomic E-state index is 0.330. The normalized spacial score (nSPS) is 17.6. The van der Waals surface area contributed by atoms with Gasteiger partial charge in [0.2, 0.25) is 0 Å². The molecule has 0 saturated carbocycles. The molecule has 1 N–H and O–H groups in total. The van der Waals surface area contributed by atoms with Crippen molar-refractivity contribution in [3.05, 3.63) is 66.3 Å². The predicted octanol–water partition coefficient (Wildman–Crippen LogP) is 3.09. The highest BCUT2D eigenvalue weighted by molar-refractivity contribution is 5.53. The van der Waals surface area contributed by atoms with E-state index >= 15 is 0 Å². The van der Waals surface area contributed by atoms with Crippen molar-refractivity contribution in [2.24, 2.45) is 0 Å². The fourth-order valence-electron chi connectivity index (χ4n) is 3.57. The minimum atomic E-state index is 0.330. The van der Waals surface area contributed by atoms with Gasteiger partial charge in [-0.1, -0.05) is 6.07 Å². The number of rotatable bonds is 5. The van der Waals surface area contributed by atoms with Gasteiger partial charge in [-0.2, -0.15) is 0 Å². The zero-order valence-electron chi connectivity index (χ0n) is 15.4. The van der Waals surface area contributed by atoms with E-state index in [0.29, 0.717) is 11.7 Å². The van der Waals surface area contributed by atoms with Crippen LogP contribution in [0.5, 0.6) is 0 Å². The van der Waals surface area contributed by atoms with Gasteiger partial charge < -0.3 is 5.32 Å². The lowest BCUT2D eigenvalue weighted by molar-refractivity contribution is 0.196. The van der Waals surface area contributed by atoms with Gasteiger partial charge in [-0.3, -0.25) is 19.9 Å². The first kappa shape index (κ1) is 17.5. The van der Waals surface area contributed by atoms with Gasteiger partial charge in [-0.25, -0.2) is 9.97 Å². The van der Waals surface area contributed by atoms with Crippen molar-refractivity contribution in [2.75, 3.05) is 18.4 Å². The Bertz CT molecular complexity index is 884. The molecule has 0 spiro atoms. The second-order valence-electron chi connectivity index (χ2n) is 6.85. The van der Waals surface area contributed by atoms with Crippen LogP contribution in [0.3, 0.4) is 0 Å². The number of anilines is 2. The van der Waals surface area contributed by atoms with Crippen LogP contribution >= 0.6 is 0 Å². The predicted molar refractivity (Wildman–Crippen MR) is 104 cm³/mol. The summed E-state index contributed by atoms with van der Waals surface area (Å²) in [7, 11) is 0. The fraction of sp³-hybridized carbons (Fsp3) is 0.350. The Labute approximate surface area is 159 Å². The van der Waals surface area contributed by atoms with Crippen molar-refractivity contribution in [1.29, 1.82) is 0 Å². The van der Waals surface area contributed by atoms with Crippen LogP contribution in [-0.2, 0) is 6.54 Å². The van der Waals surface area contributed by atoms with E-state index in [1.807, 2.05) is 13.0 Å². The van der Waals surface area contributed by atoms with Crippen molar-refractivity contribution in [2.45, 2.75) is 32.2 Å². The minimum Gasteiger partial charge on any atom is -0.322 e. The molecule has 27 heavy (non-hydrogen) atoms. The molecule has 7 nitrogen and oxygen atoms in total. The van der Waals surface area contributed by atoms with Crippen LogP contribution in [0.4, 0.5) is 11.6 Å². The van der Waals surface area contributed by atoms with Crippen LogP contribution in [0, 0.1) is 6.92 Å². The third-order valence-corrected chi connectivity index (χ3v) is 4.76. The lowest BCUT2D eigenvalue weighted by Crippen LogP contribution is -2.34. The lowest BCUT2D eigenvalue weighted by Gasteiger charge is -2.32. The monoisotopic (exact) mass is 361 g/mol.